The van der Waals surface area contributed by atoms with Gasteiger partial charge in [0.05, 0.1) is 31.1 Å². The number of likely N-dealkylation sites (tertiary alicyclic amines) is 1. The third-order valence-electron chi connectivity index (χ3n) is 5.90. The zero-order chi connectivity index (χ0) is 19.7. The van der Waals surface area contributed by atoms with E-state index in [1.807, 2.05) is 30.9 Å². The van der Waals surface area contributed by atoms with Crippen LogP contribution in [0.2, 0.25) is 0 Å². The second-order valence-corrected chi connectivity index (χ2v) is 7.80. The molecule has 1 aliphatic heterocycles. The van der Waals surface area contributed by atoms with Gasteiger partial charge in [0.25, 0.3) is 0 Å². The molecular weight excluding hydrogens is 483 g/mol. The van der Waals surface area contributed by atoms with Gasteiger partial charge < -0.3 is 10.6 Å². The lowest BCUT2D eigenvalue weighted by Gasteiger charge is -2.18. The zero-order valence-electron chi connectivity index (χ0n) is 16.9. The summed E-state index contributed by atoms with van der Waals surface area (Å²) in [4.78, 5) is 31.4. The third-order valence-corrected chi connectivity index (χ3v) is 5.90. The summed E-state index contributed by atoms with van der Waals surface area (Å²) in [5.41, 5.74) is 1.13. The van der Waals surface area contributed by atoms with E-state index in [2.05, 4.69) is 32.9 Å². The molecule has 158 valence electrons. The first kappa shape index (κ1) is 21.8. The van der Waals surface area contributed by atoms with Gasteiger partial charge >= 0.3 is 0 Å². The summed E-state index contributed by atoms with van der Waals surface area (Å²) in [5, 5.41) is 10.7. The van der Waals surface area contributed by atoms with Crippen LogP contribution in [0, 0.1) is 30.6 Å². The Kier molecular flexibility index (Phi) is 6.97. The molecule has 0 aromatic carbocycles. The van der Waals surface area contributed by atoms with Gasteiger partial charge in [-0.05, 0) is 37.7 Å². The van der Waals surface area contributed by atoms with Gasteiger partial charge in [-0.3, -0.25) is 24.2 Å². The second kappa shape index (κ2) is 9.27. The van der Waals surface area contributed by atoms with E-state index >= 15 is 0 Å². The number of imide groups is 1. The number of nitrogens with zero attached hydrogens (tertiary/aromatic N) is 4. The number of rotatable bonds is 7. The summed E-state index contributed by atoms with van der Waals surface area (Å²) in [6, 6.07) is 0. The number of aryl methyl sites for hydroxylation is 1. The minimum atomic E-state index is -0.123. The van der Waals surface area contributed by atoms with E-state index in [0.717, 1.165) is 18.5 Å². The van der Waals surface area contributed by atoms with Crippen molar-refractivity contribution in [1.82, 2.24) is 25.3 Å². The number of hydrogen-bond acceptors (Lipinski definition) is 4. The number of guanidine groups is 1. The number of aliphatic imine (C=N–C) groups is 1. The molecule has 4 atom stereocenters. The van der Waals surface area contributed by atoms with Gasteiger partial charge in [-0.2, -0.15) is 5.10 Å². The van der Waals surface area contributed by atoms with Crippen LogP contribution in [0.3, 0.4) is 0 Å². The fourth-order valence-corrected chi connectivity index (χ4v) is 4.67. The Bertz CT molecular complexity index is 790. The monoisotopic (exact) mass is 512 g/mol. The molecule has 1 aromatic heterocycles. The van der Waals surface area contributed by atoms with Crippen LogP contribution in [-0.2, 0) is 16.1 Å². The van der Waals surface area contributed by atoms with Crippen molar-refractivity contribution in [1.29, 1.82) is 0 Å². The second-order valence-electron chi connectivity index (χ2n) is 7.80. The molecule has 8 nitrogen and oxygen atoms in total. The van der Waals surface area contributed by atoms with E-state index < -0.39 is 0 Å². The van der Waals surface area contributed by atoms with E-state index in [9.17, 15) is 9.59 Å². The van der Waals surface area contributed by atoms with Crippen LogP contribution in [-0.4, -0.2) is 58.6 Å². The minimum Gasteiger partial charge on any atom is -0.357 e. The van der Waals surface area contributed by atoms with Crippen molar-refractivity contribution >= 4 is 41.8 Å². The molecule has 2 aliphatic carbocycles. The van der Waals surface area contributed by atoms with Crippen LogP contribution in [0.15, 0.2) is 29.5 Å². The van der Waals surface area contributed by atoms with Gasteiger partial charge in [-0.1, -0.05) is 12.2 Å². The number of halogens is 1. The molecule has 29 heavy (non-hydrogen) atoms. The Morgan fingerprint density at radius 2 is 1.86 bits per heavy atom. The Balaban J connectivity index is 0.00000240. The van der Waals surface area contributed by atoms with Crippen LogP contribution in [0.25, 0.3) is 0 Å². The normalized spacial score (nSPS) is 27.4. The van der Waals surface area contributed by atoms with Crippen LogP contribution in [0.5, 0.6) is 0 Å². The largest absolute Gasteiger partial charge is 0.357 e. The molecule has 2 N–H and O–H groups in total. The highest BCUT2D eigenvalue weighted by Crippen LogP contribution is 2.52. The smallest absolute Gasteiger partial charge is 0.233 e. The number of hydrogen-bond donors (Lipinski definition) is 2. The first-order chi connectivity index (χ1) is 13.6. The summed E-state index contributed by atoms with van der Waals surface area (Å²) in [6.07, 6.45) is 9.02. The molecule has 1 aromatic rings. The summed E-state index contributed by atoms with van der Waals surface area (Å²) in [5.74, 6) is 0.967. The van der Waals surface area contributed by atoms with Crippen molar-refractivity contribution in [2.24, 2.45) is 28.7 Å². The zero-order valence-corrected chi connectivity index (χ0v) is 19.2. The maximum Gasteiger partial charge on any atom is 0.233 e. The lowest BCUT2D eigenvalue weighted by Crippen LogP contribution is -2.43. The van der Waals surface area contributed by atoms with Crippen molar-refractivity contribution in [2.75, 3.05) is 26.2 Å². The predicted molar refractivity (Wildman–Crippen MR) is 121 cm³/mol. The molecule has 9 heteroatoms. The average molecular weight is 512 g/mol. The van der Waals surface area contributed by atoms with E-state index in [1.165, 1.54) is 4.90 Å². The SMILES string of the molecule is CCNC(=NCCn1cc(C)cn1)NCCN1C(=O)C2C3C=CC(C3)C2C1=O.I. The van der Waals surface area contributed by atoms with Crippen molar-refractivity contribution in [2.45, 2.75) is 26.8 Å². The van der Waals surface area contributed by atoms with Crippen molar-refractivity contribution < 1.29 is 9.59 Å². The molecule has 4 unspecified atom stereocenters. The van der Waals surface area contributed by atoms with E-state index in [0.29, 0.717) is 32.1 Å². The third kappa shape index (κ3) is 4.34. The lowest BCUT2D eigenvalue weighted by molar-refractivity contribution is -0.140. The molecule has 2 bridgehead atoms. The fourth-order valence-electron chi connectivity index (χ4n) is 4.67. The molecule has 0 radical (unpaired) electrons. The van der Waals surface area contributed by atoms with Crippen LogP contribution < -0.4 is 10.6 Å². The molecule has 4 rings (SSSR count). The summed E-state index contributed by atoms with van der Waals surface area (Å²) in [6.45, 7) is 6.93. The van der Waals surface area contributed by atoms with Gasteiger partial charge in [0.2, 0.25) is 11.8 Å². The highest BCUT2D eigenvalue weighted by atomic mass is 127. The number of amides is 2. The van der Waals surface area contributed by atoms with E-state index in [1.54, 1.807) is 0 Å². The van der Waals surface area contributed by atoms with Crippen molar-refractivity contribution in [3.05, 3.63) is 30.1 Å². The van der Waals surface area contributed by atoms with E-state index in [4.69, 9.17) is 0 Å². The van der Waals surface area contributed by atoms with Gasteiger partial charge in [0.15, 0.2) is 5.96 Å². The number of carbonyl (C=O) groups excluding carboxylic acids is 2. The molecule has 1 saturated heterocycles. The Labute approximate surface area is 188 Å². The minimum absolute atomic E-state index is 0. The predicted octanol–water partition coefficient (Wildman–Crippen LogP) is 1.17. The summed E-state index contributed by atoms with van der Waals surface area (Å²) in [7, 11) is 0. The molecule has 0 spiro atoms. The van der Waals surface area contributed by atoms with Gasteiger partial charge in [-0.25, -0.2) is 0 Å². The van der Waals surface area contributed by atoms with Crippen molar-refractivity contribution in [3.8, 4) is 0 Å². The quantitative estimate of drug-likeness (QED) is 0.188. The van der Waals surface area contributed by atoms with Gasteiger partial charge in [0, 0.05) is 25.8 Å². The molecule has 2 fully saturated rings. The van der Waals surface area contributed by atoms with Crippen LogP contribution in [0.4, 0.5) is 0 Å². The molecule has 1 saturated carbocycles. The summed E-state index contributed by atoms with van der Waals surface area (Å²) < 4.78 is 1.87. The number of fused-ring (bicyclic) bond motifs is 5. The Hall–Kier alpha value is -1.91. The summed E-state index contributed by atoms with van der Waals surface area (Å²) >= 11 is 0. The first-order valence-corrected chi connectivity index (χ1v) is 10.1. The number of nitrogens with one attached hydrogen (secondary N) is 2. The molecular formula is C20H29IN6O2. The molecule has 2 amide bonds. The number of allylic oxidation sites excluding steroid dienone is 2. The standard InChI is InChI=1S/C20H28N6O2.HI/c1-3-21-20(22-6-8-25-12-13(2)11-24-25)23-7-9-26-18(27)16-14-4-5-15(10-14)17(16)19(26)28;/h4-5,11-12,14-17H,3,6-10H2,1-2H3,(H2,21,22,23);1H. The Morgan fingerprint density at radius 3 is 2.45 bits per heavy atom. The Morgan fingerprint density at radius 1 is 1.17 bits per heavy atom. The first-order valence-electron chi connectivity index (χ1n) is 10.1. The topological polar surface area (TPSA) is 91.6 Å². The molecule has 3 aliphatic rings. The maximum atomic E-state index is 12.7. The van der Waals surface area contributed by atoms with Crippen LogP contribution >= 0.6 is 24.0 Å². The average Bonchev–Trinajstić information content (AvgIpc) is 3.43. The number of aromatic nitrogens is 2. The van der Waals surface area contributed by atoms with E-state index in [-0.39, 0.29) is 59.5 Å². The maximum absolute atomic E-state index is 12.7. The highest BCUT2D eigenvalue weighted by molar-refractivity contribution is 14.0. The fraction of sp³-hybridized carbons (Fsp3) is 0.600. The van der Waals surface area contributed by atoms with Gasteiger partial charge in [-0.15, -0.1) is 24.0 Å². The van der Waals surface area contributed by atoms with Crippen LogP contribution in [0.1, 0.15) is 18.9 Å². The highest BCUT2D eigenvalue weighted by Gasteiger charge is 2.58. The van der Waals surface area contributed by atoms with Gasteiger partial charge in [0.1, 0.15) is 0 Å². The molecule has 2 heterocycles. The van der Waals surface area contributed by atoms with Crippen molar-refractivity contribution in [3.63, 3.8) is 0 Å². The number of carbonyl (C=O) groups is 2. The lowest BCUT2D eigenvalue weighted by atomic mass is 9.85.